The smallest absolute Gasteiger partial charge is 0.223 e. The van der Waals surface area contributed by atoms with Crippen molar-refractivity contribution < 1.29 is 14.0 Å². The maximum Gasteiger partial charge on any atom is 0.223 e. The van der Waals surface area contributed by atoms with E-state index in [-0.39, 0.29) is 24.0 Å². The van der Waals surface area contributed by atoms with E-state index in [2.05, 4.69) is 21.2 Å². The molecule has 1 amide bonds. The molecule has 110 valence electrons. The molecule has 20 heavy (non-hydrogen) atoms. The third-order valence-electron chi connectivity index (χ3n) is 4.06. The van der Waals surface area contributed by atoms with Crippen molar-refractivity contribution in [2.75, 3.05) is 7.05 Å². The summed E-state index contributed by atoms with van der Waals surface area (Å²) in [6.45, 7) is 0. The van der Waals surface area contributed by atoms with Crippen LogP contribution in [0.2, 0.25) is 0 Å². The van der Waals surface area contributed by atoms with E-state index in [1.54, 1.807) is 19.2 Å². The molecule has 1 saturated carbocycles. The van der Waals surface area contributed by atoms with E-state index in [4.69, 9.17) is 4.42 Å². The largest absolute Gasteiger partial charge is 0.446 e. The van der Waals surface area contributed by atoms with Crippen molar-refractivity contribution in [1.29, 1.82) is 0 Å². The third-order valence-corrected chi connectivity index (χ3v) is 4.48. The molecule has 1 aliphatic rings. The summed E-state index contributed by atoms with van der Waals surface area (Å²) in [5, 5.41) is 2.69. The molecule has 0 radical (unpaired) electrons. The monoisotopic (exact) mass is 341 g/mol. The van der Waals surface area contributed by atoms with Crippen LogP contribution in [0.15, 0.2) is 21.2 Å². The molecule has 1 N–H and O–H groups in total. The summed E-state index contributed by atoms with van der Waals surface area (Å²) in [7, 11) is 1.63. The minimum Gasteiger partial charge on any atom is -0.446 e. The van der Waals surface area contributed by atoms with Gasteiger partial charge in [0.1, 0.15) is 0 Å². The second kappa shape index (κ2) is 7.07. The average Bonchev–Trinajstić information content (AvgIpc) is 2.91. The molecular weight excluding hydrogens is 322 g/mol. The number of carbonyl (C=O) groups is 2. The molecule has 0 saturated heterocycles. The number of hydrogen-bond donors (Lipinski definition) is 1. The summed E-state index contributed by atoms with van der Waals surface area (Å²) in [5.74, 6) is 0.259. The quantitative estimate of drug-likeness (QED) is 0.833. The molecule has 0 unspecified atom stereocenters. The first-order valence-electron chi connectivity index (χ1n) is 7.12. The number of furan rings is 1. The minimum absolute atomic E-state index is 0.0316. The zero-order valence-electron chi connectivity index (χ0n) is 11.7. The number of ketones is 1. The fourth-order valence-electron chi connectivity index (χ4n) is 2.96. The molecule has 0 aromatic carbocycles. The first-order chi connectivity index (χ1) is 9.61. The summed E-state index contributed by atoms with van der Waals surface area (Å²) >= 11 is 3.19. The molecule has 4 nitrogen and oxygen atoms in total. The van der Waals surface area contributed by atoms with Gasteiger partial charge in [0.05, 0.1) is 0 Å². The lowest BCUT2D eigenvalue weighted by Crippen LogP contribution is -2.35. The van der Waals surface area contributed by atoms with E-state index >= 15 is 0 Å². The molecule has 0 bridgehead atoms. The molecule has 5 heteroatoms. The van der Waals surface area contributed by atoms with Crippen LogP contribution >= 0.6 is 15.9 Å². The van der Waals surface area contributed by atoms with Gasteiger partial charge in [0, 0.05) is 19.4 Å². The van der Waals surface area contributed by atoms with Crippen LogP contribution in [0.1, 0.15) is 49.1 Å². The number of halogens is 1. The van der Waals surface area contributed by atoms with Gasteiger partial charge >= 0.3 is 0 Å². The maximum atomic E-state index is 12.2. The Hall–Kier alpha value is -1.10. The highest BCUT2D eigenvalue weighted by Gasteiger charge is 2.31. The van der Waals surface area contributed by atoms with Gasteiger partial charge in [0.15, 0.2) is 16.2 Å². The molecule has 1 aromatic heterocycles. The highest BCUT2D eigenvalue weighted by Crippen LogP contribution is 2.33. The second-order valence-electron chi connectivity index (χ2n) is 5.35. The topological polar surface area (TPSA) is 59.3 Å². The predicted molar refractivity (Wildman–Crippen MR) is 79.5 cm³/mol. The molecular formula is C15H20BrNO3. The molecule has 1 aliphatic carbocycles. The summed E-state index contributed by atoms with van der Waals surface area (Å²) in [6.07, 6.45) is 5.83. The van der Waals surface area contributed by atoms with Gasteiger partial charge in [-0.3, -0.25) is 9.59 Å². The van der Waals surface area contributed by atoms with E-state index in [0.717, 1.165) is 25.7 Å². The van der Waals surface area contributed by atoms with Gasteiger partial charge < -0.3 is 9.73 Å². The number of hydrogen-bond acceptors (Lipinski definition) is 3. The third kappa shape index (κ3) is 3.72. The lowest BCUT2D eigenvalue weighted by atomic mass is 9.77. The summed E-state index contributed by atoms with van der Waals surface area (Å²) in [5.41, 5.74) is 0. The summed E-state index contributed by atoms with van der Waals surface area (Å²) < 4.78 is 5.82. The second-order valence-corrected chi connectivity index (χ2v) is 6.13. The molecule has 2 rings (SSSR count). The standard InChI is InChI=1S/C15H20BrNO3/c1-17-15(19)11(10-5-3-2-4-6-10)9-12(18)13-7-8-14(16)20-13/h7-8,10-11H,2-6,9H2,1H3,(H,17,19)/t11-/m0/s1. The van der Waals surface area contributed by atoms with Crippen molar-refractivity contribution in [2.24, 2.45) is 11.8 Å². The number of Topliss-reactive ketones (excluding diaryl/α,β-unsaturated/α-hetero) is 1. The van der Waals surface area contributed by atoms with Gasteiger partial charge in [0.2, 0.25) is 5.91 Å². The van der Waals surface area contributed by atoms with Gasteiger partial charge in [0.25, 0.3) is 0 Å². The summed E-state index contributed by atoms with van der Waals surface area (Å²) in [6, 6.07) is 3.34. The number of rotatable bonds is 5. The maximum absolute atomic E-state index is 12.2. The van der Waals surface area contributed by atoms with Crippen LogP contribution in [-0.2, 0) is 4.79 Å². The lowest BCUT2D eigenvalue weighted by molar-refractivity contribution is -0.126. The zero-order valence-corrected chi connectivity index (χ0v) is 13.2. The predicted octanol–water partition coefficient (Wildman–Crippen LogP) is 3.56. The Kier molecular flexibility index (Phi) is 5.40. The van der Waals surface area contributed by atoms with Crippen LogP contribution in [-0.4, -0.2) is 18.7 Å². The van der Waals surface area contributed by atoms with E-state index in [9.17, 15) is 9.59 Å². The van der Waals surface area contributed by atoms with Crippen LogP contribution in [0.4, 0.5) is 0 Å². The SMILES string of the molecule is CNC(=O)[C@@H](CC(=O)c1ccc(Br)o1)C1CCCCC1. The van der Waals surface area contributed by atoms with Gasteiger partial charge in [-0.1, -0.05) is 19.3 Å². The minimum atomic E-state index is -0.239. The average molecular weight is 342 g/mol. The van der Waals surface area contributed by atoms with Gasteiger partial charge in [-0.15, -0.1) is 0 Å². The van der Waals surface area contributed by atoms with Crippen LogP contribution < -0.4 is 5.32 Å². The van der Waals surface area contributed by atoms with Crippen molar-refractivity contribution in [3.05, 3.63) is 22.6 Å². The fourth-order valence-corrected chi connectivity index (χ4v) is 3.27. The normalized spacial score (nSPS) is 17.7. The van der Waals surface area contributed by atoms with Crippen molar-refractivity contribution in [3.63, 3.8) is 0 Å². The van der Waals surface area contributed by atoms with Crippen molar-refractivity contribution >= 4 is 27.6 Å². The Morgan fingerprint density at radius 3 is 2.60 bits per heavy atom. The van der Waals surface area contributed by atoms with Crippen molar-refractivity contribution in [2.45, 2.75) is 38.5 Å². The van der Waals surface area contributed by atoms with E-state index in [0.29, 0.717) is 16.3 Å². The number of amides is 1. The highest BCUT2D eigenvalue weighted by molar-refractivity contribution is 9.10. The van der Waals surface area contributed by atoms with Gasteiger partial charge in [-0.05, 0) is 46.8 Å². The fraction of sp³-hybridized carbons (Fsp3) is 0.600. The number of carbonyl (C=O) groups excluding carboxylic acids is 2. The van der Waals surface area contributed by atoms with Crippen LogP contribution in [0, 0.1) is 11.8 Å². The van der Waals surface area contributed by atoms with Crippen LogP contribution in [0.5, 0.6) is 0 Å². The first-order valence-corrected chi connectivity index (χ1v) is 7.91. The van der Waals surface area contributed by atoms with Crippen molar-refractivity contribution in [1.82, 2.24) is 5.32 Å². The lowest BCUT2D eigenvalue weighted by Gasteiger charge is -2.28. The van der Waals surface area contributed by atoms with E-state index < -0.39 is 0 Å². The van der Waals surface area contributed by atoms with Gasteiger partial charge in [-0.2, -0.15) is 0 Å². The van der Waals surface area contributed by atoms with E-state index in [1.807, 2.05) is 0 Å². The van der Waals surface area contributed by atoms with Crippen molar-refractivity contribution in [3.8, 4) is 0 Å². The summed E-state index contributed by atoms with van der Waals surface area (Å²) in [4.78, 5) is 24.3. The Morgan fingerprint density at radius 1 is 1.35 bits per heavy atom. The van der Waals surface area contributed by atoms with Crippen LogP contribution in [0.3, 0.4) is 0 Å². The van der Waals surface area contributed by atoms with Gasteiger partial charge in [-0.25, -0.2) is 0 Å². The Bertz CT molecular complexity index is 477. The van der Waals surface area contributed by atoms with Crippen LogP contribution in [0.25, 0.3) is 0 Å². The Balaban J connectivity index is 2.07. The molecule has 1 atom stereocenters. The molecule has 1 aromatic rings. The highest BCUT2D eigenvalue weighted by atomic mass is 79.9. The Labute approximate surface area is 127 Å². The van der Waals surface area contributed by atoms with E-state index in [1.165, 1.54) is 6.42 Å². The number of nitrogens with one attached hydrogen (secondary N) is 1. The molecule has 0 aliphatic heterocycles. The molecule has 0 spiro atoms. The molecule has 1 fully saturated rings. The first kappa shape index (κ1) is 15.3. The Morgan fingerprint density at radius 2 is 2.05 bits per heavy atom. The molecule has 1 heterocycles. The zero-order chi connectivity index (χ0) is 14.5.